The summed E-state index contributed by atoms with van der Waals surface area (Å²) in [6, 6.07) is 7.69. The molecule has 1 saturated carbocycles. The van der Waals surface area contributed by atoms with E-state index in [0.717, 1.165) is 11.1 Å². The molecule has 0 aromatic heterocycles. The number of methoxy groups -OCH3 is 1. The Balaban J connectivity index is 1.89. The molecule has 1 fully saturated rings. The van der Waals surface area contributed by atoms with Gasteiger partial charge in [0.15, 0.2) is 0 Å². The Hall–Kier alpha value is -1.88. The van der Waals surface area contributed by atoms with E-state index >= 15 is 0 Å². The number of carbonyl (C=O) groups excluding carboxylic acids is 1. The number of benzene rings is 1. The topological polar surface area (TPSA) is 75.6 Å². The number of hydrogen-bond acceptors (Lipinski definition) is 3. The number of rotatable bonds is 6. The molecule has 19 heavy (non-hydrogen) atoms. The van der Waals surface area contributed by atoms with Crippen molar-refractivity contribution in [2.45, 2.75) is 19.6 Å². The minimum absolute atomic E-state index is 0.181. The summed E-state index contributed by atoms with van der Waals surface area (Å²) in [5, 5.41) is 11.6. The molecule has 2 atom stereocenters. The first-order valence-corrected chi connectivity index (χ1v) is 6.19. The standard InChI is InChI=1S/C14H17NO4/c1-19-8-10-5-3-2-4-9(10)7-15-13(16)11-6-12(11)14(17)18/h2-5,11-12H,6-8H2,1H3,(H,15,16)(H,17,18)/t11-,12+/m0/s1. The van der Waals surface area contributed by atoms with Gasteiger partial charge in [0, 0.05) is 13.7 Å². The first-order valence-electron chi connectivity index (χ1n) is 6.19. The summed E-state index contributed by atoms with van der Waals surface area (Å²) in [5.74, 6) is -1.94. The van der Waals surface area contributed by atoms with Crippen molar-refractivity contribution in [3.8, 4) is 0 Å². The third kappa shape index (κ3) is 3.32. The van der Waals surface area contributed by atoms with E-state index in [1.165, 1.54) is 0 Å². The van der Waals surface area contributed by atoms with Gasteiger partial charge in [-0.15, -0.1) is 0 Å². The number of aliphatic carboxylic acids is 1. The van der Waals surface area contributed by atoms with E-state index in [1.807, 2.05) is 24.3 Å². The van der Waals surface area contributed by atoms with Gasteiger partial charge in [0.25, 0.3) is 0 Å². The molecule has 0 unspecified atom stereocenters. The molecule has 0 saturated heterocycles. The highest BCUT2D eigenvalue weighted by molar-refractivity contribution is 5.89. The van der Waals surface area contributed by atoms with E-state index in [9.17, 15) is 9.59 Å². The highest BCUT2D eigenvalue weighted by Gasteiger charge is 2.48. The van der Waals surface area contributed by atoms with Gasteiger partial charge >= 0.3 is 5.97 Å². The lowest BCUT2D eigenvalue weighted by molar-refractivity contribution is -0.140. The van der Waals surface area contributed by atoms with Crippen LogP contribution in [0.4, 0.5) is 0 Å². The Labute approximate surface area is 111 Å². The highest BCUT2D eigenvalue weighted by atomic mass is 16.5. The Morgan fingerprint density at radius 3 is 2.58 bits per heavy atom. The Morgan fingerprint density at radius 2 is 2.00 bits per heavy atom. The van der Waals surface area contributed by atoms with Gasteiger partial charge < -0.3 is 15.2 Å². The molecule has 5 nitrogen and oxygen atoms in total. The molecule has 2 rings (SSSR count). The van der Waals surface area contributed by atoms with Crippen molar-refractivity contribution < 1.29 is 19.4 Å². The fourth-order valence-corrected chi connectivity index (χ4v) is 2.10. The Kier molecular flexibility index (Phi) is 4.16. The zero-order valence-corrected chi connectivity index (χ0v) is 10.8. The van der Waals surface area contributed by atoms with Crippen LogP contribution >= 0.6 is 0 Å². The third-order valence-corrected chi connectivity index (χ3v) is 3.32. The second kappa shape index (κ2) is 5.84. The maximum absolute atomic E-state index is 11.8. The molecule has 2 N–H and O–H groups in total. The van der Waals surface area contributed by atoms with E-state index in [2.05, 4.69) is 5.32 Å². The van der Waals surface area contributed by atoms with Crippen LogP contribution in [0.1, 0.15) is 17.5 Å². The molecule has 0 heterocycles. The molecule has 0 bridgehead atoms. The lowest BCUT2D eigenvalue weighted by Crippen LogP contribution is -2.26. The summed E-state index contributed by atoms with van der Waals surface area (Å²) >= 11 is 0. The third-order valence-electron chi connectivity index (χ3n) is 3.32. The molecule has 1 aliphatic rings. The van der Waals surface area contributed by atoms with Crippen LogP contribution in [-0.2, 0) is 27.5 Å². The number of hydrogen-bond donors (Lipinski definition) is 2. The summed E-state index contributed by atoms with van der Waals surface area (Å²) in [5.41, 5.74) is 2.01. The predicted octanol–water partition coefficient (Wildman–Crippen LogP) is 1.17. The van der Waals surface area contributed by atoms with Crippen LogP contribution < -0.4 is 5.32 Å². The van der Waals surface area contributed by atoms with Crippen LogP contribution in [0.25, 0.3) is 0 Å². The van der Waals surface area contributed by atoms with Gasteiger partial charge in [-0.2, -0.15) is 0 Å². The number of carbonyl (C=O) groups is 2. The maximum atomic E-state index is 11.8. The molecular formula is C14H17NO4. The van der Waals surface area contributed by atoms with E-state index in [1.54, 1.807) is 7.11 Å². The first kappa shape index (κ1) is 13.5. The van der Waals surface area contributed by atoms with E-state index < -0.39 is 11.9 Å². The van der Waals surface area contributed by atoms with E-state index in [0.29, 0.717) is 19.6 Å². The van der Waals surface area contributed by atoms with Crippen molar-refractivity contribution in [1.29, 1.82) is 0 Å². The molecule has 0 spiro atoms. The van der Waals surface area contributed by atoms with E-state index in [-0.39, 0.29) is 11.8 Å². The smallest absolute Gasteiger partial charge is 0.307 e. The molecule has 1 aliphatic carbocycles. The van der Waals surface area contributed by atoms with Crippen molar-refractivity contribution in [3.05, 3.63) is 35.4 Å². The fourth-order valence-electron chi connectivity index (χ4n) is 2.10. The van der Waals surface area contributed by atoms with Gasteiger partial charge in [-0.05, 0) is 17.5 Å². The lowest BCUT2D eigenvalue weighted by Gasteiger charge is -2.09. The summed E-state index contributed by atoms with van der Waals surface area (Å²) in [4.78, 5) is 22.5. The monoisotopic (exact) mass is 263 g/mol. The molecule has 1 aromatic rings. The number of amides is 1. The molecule has 1 amide bonds. The molecule has 5 heteroatoms. The molecule has 0 aliphatic heterocycles. The van der Waals surface area contributed by atoms with Crippen LogP contribution in [0.2, 0.25) is 0 Å². The fraction of sp³-hybridized carbons (Fsp3) is 0.429. The Morgan fingerprint density at radius 1 is 1.32 bits per heavy atom. The number of carboxylic acids is 1. The van der Waals surface area contributed by atoms with Gasteiger partial charge in [-0.3, -0.25) is 9.59 Å². The molecular weight excluding hydrogens is 246 g/mol. The average Bonchev–Trinajstić information content (AvgIpc) is 3.18. The quantitative estimate of drug-likeness (QED) is 0.807. The summed E-state index contributed by atoms with van der Waals surface area (Å²) in [6.07, 6.45) is 0.445. The van der Waals surface area contributed by atoms with Crippen molar-refractivity contribution >= 4 is 11.9 Å². The highest BCUT2D eigenvalue weighted by Crippen LogP contribution is 2.38. The SMILES string of the molecule is COCc1ccccc1CNC(=O)[C@H]1C[C@H]1C(=O)O. The van der Waals surface area contributed by atoms with Crippen LogP contribution in [0.3, 0.4) is 0 Å². The number of nitrogens with one attached hydrogen (secondary N) is 1. The van der Waals surface area contributed by atoms with Gasteiger partial charge in [0.1, 0.15) is 0 Å². The number of carboxylic acid groups (broad SMARTS) is 1. The van der Waals surface area contributed by atoms with Gasteiger partial charge in [-0.25, -0.2) is 0 Å². The Bertz CT molecular complexity index is 486. The maximum Gasteiger partial charge on any atom is 0.307 e. The number of ether oxygens (including phenoxy) is 1. The largest absolute Gasteiger partial charge is 0.481 e. The summed E-state index contributed by atoms with van der Waals surface area (Å²) in [6.45, 7) is 0.897. The van der Waals surface area contributed by atoms with E-state index in [4.69, 9.17) is 9.84 Å². The molecule has 1 aromatic carbocycles. The molecule has 0 radical (unpaired) electrons. The normalized spacial score (nSPS) is 20.9. The van der Waals surface area contributed by atoms with Crippen molar-refractivity contribution in [3.63, 3.8) is 0 Å². The van der Waals surface area contributed by atoms with Crippen LogP contribution in [0, 0.1) is 11.8 Å². The van der Waals surface area contributed by atoms with Gasteiger partial charge in [-0.1, -0.05) is 24.3 Å². The van der Waals surface area contributed by atoms with Crippen molar-refractivity contribution in [2.75, 3.05) is 7.11 Å². The zero-order chi connectivity index (χ0) is 13.8. The van der Waals surface area contributed by atoms with Crippen molar-refractivity contribution in [2.24, 2.45) is 11.8 Å². The summed E-state index contributed by atoms with van der Waals surface area (Å²) in [7, 11) is 1.62. The summed E-state index contributed by atoms with van der Waals surface area (Å²) < 4.78 is 5.09. The average molecular weight is 263 g/mol. The van der Waals surface area contributed by atoms with Crippen LogP contribution in [-0.4, -0.2) is 24.1 Å². The second-order valence-corrected chi connectivity index (χ2v) is 4.71. The lowest BCUT2D eigenvalue weighted by atomic mass is 10.1. The molecule has 102 valence electrons. The first-order chi connectivity index (χ1) is 9.13. The predicted molar refractivity (Wildman–Crippen MR) is 68.2 cm³/mol. The minimum Gasteiger partial charge on any atom is -0.481 e. The van der Waals surface area contributed by atoms with Crippen LogP contribution in [0.5, 0.6) is 0 Å². The zero-order valence-electron chi connectivity index (χ0n) is 10.8. The van der Waals surface area contributed by atoms with Gasteiger partial charge in [0.2, 0.25) is 5.91 Å². The second-order valence-electron chi connectivity index (χ2n) is 4.71. The van der Waals surface area contributed by atoms with Crippen LogP contribution in [0.15, 0.2) is 24.3 Å². The van der Waals surface area contributed by atoms with Crippen molar-refractivity contribution in [1.82, 2.24) is 5.32 Å². The minimum atomic E-state index is -0.889. The van der Waals surface area contributed by atoms with Gasteiger partial charge in [0.05, 0.1) is 18.4 Å².